The molecule has 1 atom stereocenters. The Balaban J connectivity index is 1.42. The van der Waals surface area contributed by atoms with Gasteiger partial charge >= 0.3 is 5.97 Å². The third-order valence-corrected chi connectivity index (χ3v) is 4.29. The molecule has 0 aliphatic rings. The maximum absolute atomic E-state index is 12.0. The molecule has 0 aliphatic carbocycles. The molecule has 0 unspecified atom stereocenters. The first-order chi connectivity index (χ1) is 13.9. The summed E-state index contributed by atoms with van der Waals surface area (Å²) < 4.78 is 10.6. The number of ether oxygens (including phenoxy) is 1. The number of furan rings is 1. The van der Waals surface area contributed by atoms with Crippen molar-refractivity contribution in [3.63, 3.8) is 0 Å². The van der Waals surface area contributed by atoms with Gasteiger partial charge in [-0.1, -0.05) is 35.9 Å². The number of rotatable bonds is 7. The second-order valence-corrected chi connectivity index (χ2v) is 6.69. The molecule has 0 spiro atoms. The zero-order valence-corrected chi connectivity index (χ0v) is 16.2. The van der Waals surface area contributed by atoms with Gasteiger partial charge in [0, 0.05) is 10.9 Å². The Hall–Kier alpha value is -3.61. The number of fused-ring (bicyclic) bond motifs is 1. The molecule has 0 radical (unpaired) electrons. The molecule has 7 heteroatoms. The minimum atomic E-state index is -0.697. The van der Waals surface area contributed by atoms with E-state index in [1.165, 1.54) is 0 Å². The van der Waals surface area contributed by atoms with E-state index in [1.807, 2.05) is 43.3 Å². The maximum atomic E-state index is 12.0. The van der Waals surface area contributed by atoms with Crippen LogP contribution in [-0.2, 0) is 14.3 Å². The minimum Gasteiger partial charge on any atom is -0.459 e. The summed E-state index contributed by atoms with van der Waals surface area (Å²) >= 11 is 0. The number of nitrogens with one attached hydrogen (secondary N) is 2. The lowest BCUT2D eigenvalue weighted by Gasteiger charge is -2.12. The summed E-state index contributed by atoms with van der Waals surface area (Å²) in [5.74, 6) is -0.932. The van der Waals surface area contributed by atoms with Crippen molar-refractivity contribution in [1.82, 2.24) is 10.6 Å². The molecule has 1 heterocycles. The fourth-order valence-corrected chi connectivity index (χ4v) is 2.81. The fraction of sp³-hybridized carbons (Fsp3) is 0.227. The molecule has 150 valence electrons. The number of para-hydroxylation sites is 1. The minimum absolute atomic E-state index is 0.320. The third kappa shape index (κ3) is 5.44. The molecule has 3 rings (SSSR count). The molecule has 2 amide bonds. The van der Waals surface area contributed by atoms with Crippen LogP contribution in [-0.4, -0.2) is 30.9 Å². The van der Waals surface area contributed by atoms with Gasteiger partial charge in [-0.25, -0.2) is 0 Å². The van der Waals surface area contributed by atoms with Crippen molar-refractivity contribution >= 4 is 28.8 Å². The lowest BCUT2D eigenvalue weighted by atomic mass is 10.1. The zero-order valence-electron chi connectivity index (χ0n) is 16.2. The van der Waals surface area contributed by atoms with E-state index in [0.29, 0.717) is 11.3 Å². The summed E-state index contributed by atoms with van der Waals surface area (Å²) in [4.78, 5) is 35.8. The van der Waals surface area contributed by atoms with Crippen LogP contribution in [0.4, 0.5) is 0 Å². The van der Waals surface area contributed by atoms with E-state index in [-0.39, 0.29) is 18.5 Å². The van der Waals surface area contributed by atoms with Crippen LogP contribution in [0.25, 0.3) is 11.0 Å². The molecule has 1 aromatic heterocycles. The number of aryl methyl sites for hydroxylation is 1. The highest BCUT2D eigenvalue weighted by atomic mass is 16.5. The average molecular weight is 394 g/mol. The number of benzene rings is 2. The number of hydrogen-bond donors (Lipinski definition) is 2. The number of carbonyl (C=O) groups excluding carboxylic acids is 3. The van der Waals surface area contributed by atoms with Gasteiger partial charge in [0.1, 0.15) is 17.9 Å². The maximum Gasteiger partial charge on any atom is 0.325 e. The molecule has 0 fully saturated rings. The molecular weight excluding hydrogens is 372 g/mol. The summed E-state index contributed by atoms with van der Waals surface area (Å²) in [6, 6.07) is 16.0. The Morgan fingerprint density at radius 2 is 1.86 bits per heavy atom. The van der Waals surface area contributed by atoms with Gasteiger partial charge in [0.2, 0.25) is 0 Å². The van der Waals surface area contributed by atoms with Gasteiger partial charge in [0.15, 0.2) is 6.61 Å². The van der Waals surface area contributed by atoms with Crippen LogP contribution in [0, 0.1) is 6.92 Å². The van der Waals surface area contributed by atoms with Gasteiger partial charge < -0.3 is 19.8 Å². The average Bonchev–Trinajstić information content (AvgIpc) is 3.15. The van der Waals surface area contributed by atoms with Crippen LogP contribution in [0.15, 0.2) is 59.0 Å². The number of hydrogen-bond acceptors (Lipinski definition) is 5. The van der Waals surface area contributed by atoms with E-state index in [2.05, 4.69) is 10.6 Å². The monoisotopic (exact) mass is 394 g/mol. The Morgan fingerprint density at radius 1 is 1.07 bits per heavy atom. The van der Waals surface area contributed by atoms with E-state index >= 15 is 0 Å². The Labute approximate surface area is 168 Å². The SMILES string of the molecule is Cc1cccc(C(=O)NCC(=O)OCC(=O)N[C@H](C)c2cc3ccccc3o2)c1. The number of amides is 2. The van der Waals surface area contributed by atoms with Gasteiger partial charge in [-0.15, -0.1) is 0 Å². The quantitative estimate of drug-likeness (QED) is 0.601. The smallest absolute Gasteiger partial charge is 0.325 e. The molecule has 0 aliphatic heterocycles. The van der Waals surface area contributed by atoms with Gasteiger partial charge in [-0.2, -0.15) is 0 Å². The van der Waals surface area contributed by atoms with E-state index < -0.39 is 18.5 Å². The largest absolute Gasteiger partial charge is 0.459 e. The first-order valence-corrected chi connectivity index (χ1v) is 9.20. The summed E-state index contributed by atoms with van der Waals surface area (Å²) in [6.07, 6.45) is 0. The van der Waals surface area contributed by atoms with Crippen LogP contribution in [0.5, 0.6) is 0 Å². The highest BCUT2D eigenvalue weighted by molar-refractivity contribution is 5.96. The first kappa shape index (κ1) is 20.1. The molecule has 2 aromatic carbocycles. The van der Waals surface area contributed by atoms with Crippen molar-refractivity contribution in [1.29, 1.82) is 0 Å². The van der Waals surface area contributed by atoms with Crippen molar-refractivity contribution in [3.05, 3.63) is 71.5 Å². The predicted octanol–water partition coefficient (Wildman–Crippen LogP) is 2.89. The third-order valence-electron chi connectivity index (χ3n) is 4.29. The van der Waals surface area contributed by atoms with E-state index in [1.54, 1.807) is 25.1 Å². The van der Waals surface area contributed by atoms with E-state index in [4.69, 9.17) is 9.15 Å². The Morgan fingerprint density at radius 3 is 2.62 bits per heavy atom. The fourth-order valence-electron chi connectivity index (χ4n) is 2.81. The van der Waals surface area contributed by atoms with Crippen molar-refractivity contribution in [2.45, 2.75) is 19.9 Å². The van der Waals surface area contributed by atoms with Crippen LogP contribution in [0.3, 0.4) is 0 Å². The van der Waals surface area contributed by atoms with Crippen LogP contribution in [0.1, 0.15) is 34.6 Å². The van der Waals surface area contributed by atoms with E-state index in [0.717, 1.165) is 16.5 Å². The second-order valence-electron chi connectivity index (χ2n) is 6.69. The first-order valence-electron chi connectivity index (χ1n) is 9.20. The summed E-state index contributed by atoms with van der Waals surface area (Å²) in [6.45, 7) is 2.89. The highest BCUT2D eigenvalue weighted by Crippen LogP contribution is 2.23. The molecule has 3 aromatic rings. The highest BCUT2D eigenvalue weighted by Gasteiger charge is 2.16. The lowest BCUT2D eigenvalue weighted by molar-refractivity contribution is -0.147. The summed E-state index contributed by atoms with van der Waals surface area (Å²) in [5.41, 5.74) is 2.13. The lowest BCUT2D eigenvalue weighted by Crippen LogP contribution is -2.34. The predicted molar refractivity (Wildman–Crippen MR) is 107 cm³/mol. The Bertz CT molecular complexity index is 1010. The van der Waals surface area contributed by atoms with E-state index in [9.17, 15) is 14.4 Å². The van der Waals surface area contributed by atoms with Crippen molar-refractivity contribution in [2.24, 2.45) is 0 Å². The molecule has 0 bridgehead atoms. The van der Waals surface area contributed by atoms with Gasteiger partial charge in [-0.3, -0.25) is 14.4 Å². The van der Waals surface area contributed by atoms with Gasteiger partial charge in [-0.05, 0) is 38.1 Å². The molecule has 0 saturated carbocycles. The number of carbonyl (C=O) groups is 3. The van der Waals surface area contributed by atoms with Crippen LogP contribution < -0.4 is 10.6 Å². The second kappa shape index (κ2) is 9.05. The van der Waals surface area contributed by atoms with Gasteiger partial charge in [0.05, 0.1) is 6.04 Å². The van der Waals surface area contributed by atoms with Crippen molar-refractivity contribution in [3.8, 4) is 0 Å². The standard InChI is InChI=1S/C22H22N2O5/c1-14-6-5-8-17(10-14)22(27)23-12-21(26)28-13-20(25)24-15(2)19-11-16-7-3-4-9-18(16)29-19/h3-11,15H,12-13H2,1-2H3,(H,23,27)(H,24,25)/t15-/m1/s1. The molecule has 2 N–H and O–H groups in total. The molecule has 7 nitrogen and oxygen atoms in total. The normalized spacial score (nSPS) is 11.7. The molecule has 0 saturated heterocycles. The van der Waals surface area contributed by atoms with Gasteiger partial charge in [0.25, 0.3) is 11.8 Å². The molecule has 29 heavy (non-hydrogen) atoms. The van der Waals surface area contributed by atoms with Crippen LogP contribution in [0.2, 0.25) is 0 Å². The Kier molecular flexibility index (Phi) is 6.29. The van der Waals surface area contributed by atoms with Crippen LogP contribution >= 0.6 is 0 Å². The molecular formula is C22H22N2O5. The summed E-state index contributed by atoms with van der Waals surface area (Å²) in [7, 11) is 0. The zero-order chi connectivity index (χ0) is 20.8. The number of esters is 1. The van der Waals surface area contributed by atoms with Crippen molar-refractivity contribution < 1.29 is 23.5 Å². The summed E-state index contributed by atoms with van der Waals surface area (Å²) in [5, 5.41) is 6.13. The topological polar surface area (TPSA) is 97.6 Å². The van der Waals surface area contributed by atoms with Crippen molar-refractivity contribution in [2.75, 3.05) is 13.2 Å².